The van der Waals surface area contributed by atoms with Crippen LogP contribution in [0.3, 0.4) is 0 Å². The summed E-state index contributed by atoms with van der Waals surface area (Å²) >= 11 is 1.49. The van der Waals surface area contributed by atoms with Gasteiger partial charge in [0.2, 0.25) is 5.91 Å². The van der Waals surface area contributed by atoms with Gasteiger partial charge in [0, 0.05) is 25.6 Å². The zero-order valence-electron chi connectivity index (χ0n) is 14.6. The van der Waals surface area contributed by atoms with Gasteiger partial charge in [-0.2, -0.15) is 0 Å². The lowest BCUT2D eigenvalue weighted by Crippen LogP contribution is -2.35. The smallest absolute Gasteiger partial charge is 0.230 e. The molecule has 134 valence electrons. The summed E-state index contributed by atoms with van der Waals surface area (Å²) < 4.78 is 2.06. The lowest BCUT2D eigenvalue weighted by molar-refractivity contribution is -0.119. The van der Waals surface area contributed by atoms with Gasteiger partial charge in [-0.05, 0) is 32.2 Å². The van der Waals surface area contributed by atoms with E-state index in [2.05, 4.69) is 25.4 Å². The molecule has 2 heterocycles. The Labute approximate surface area is 148 Å². The molecule has 7 heteroatoms. The minimum atomic E-state index is 0.121. The Hall–Kier alpha value is -1.08. The van der Waals surface area contributed by atoms with Crippen LogP contribution in [0.1, 0.15) is 63.1 Å². The van der Waals surface area contributed by atoms with Crippen LogP contribution in [-0.4, -0.2) is 45.6 Å². The Balaban J connectivity index is 1.49. The standard InChI is InChI=1S/C17H29N5OS/c1-22-16(13-7-6-10-18-11-13)20-21-17(22)24-12-15(23)19-14-8-4-2-3-5-9-14/h13-14,18H,2-12H2,1H3,(H,19,23)/t13-/m1/s1. The highest BCUT2D eigenvalue weighted by Gasteiger charge is 2.22. The Kier molecular flexibility index (Phi) is 6.54. The molecule has 6 nitrogen and oxygen atoms in total. The SMILES string of the molecule is Cn1c(SCC(=O)NC2CCCCCC2)nnc1[C@@H]1CCCNC1. The molecule has 0 aromatic carbocycles. The average Bonchev–Trinajstić information content (AvgIpc) is 2.79. The van der Waals surface area contributed by atoms with Gasteiger partial charge in [-0.25, -0.2) is 0 Å². The number of amides is 1. The molecule has 1 saturated heterocycles. The number of hydrogen-bond donors (Lipinski definition) is 2. The van der Waals surface area contributed by atoms with Crippen LogP contribution in [0.2, 0.25) is 0 Å². The van der Waals surface area contributed by atoms with E-state index in [9.17, 15) is 4.79 Å². The molecule has 0 radical (unpaired) electrons. The molecule has 1 aliphatic heterocycles. The van der Waals surface area contributed by atoms with Gasteiger partial charge >= 0.3 is 0 Å². The van der Waals surface area contributed by atoms with Crippen LogP contribution in [0.25, 0.3) is 0 Å². The highest BCUT2D eigenvalue weighted by molar-refractivity contribution is 7.99. The van der Waals surface area contributed by atoms with Gasteiger partial charge in [0.25, 0.3) is 0 Å². The average molecular weight is 352 g/mol. The predicted octanol–water partition coefficient (Wildman–Crippen LogP) is 2.21. The van der Waals surface area contributed by atoms with Crippen LogP contribution in [-0.2, 0) is 11.8 Å². The summed E-state index contributed by atoms with van der Waals surface area (Å²) in [5.41, 5.74) is 0. The maximum Gasteiger partial charge on any atom is 0.230 e. The molecule has 0 spiro atoms. The molecule has 1 saturated carbocycles. The highest BCUT2D eigenvalue weighted by Crippen LogP contribution is 2.25. The van der Waals surface area contributed by atoms with Crippen LogP contribution in [0.4, 0.5) is 0 Å². The largest absolute Gasteiger partial charge is 0.353 e. The lowest BCUT2D eigenvalue weighted by Gasteiger charge is -2.21. The van der Waals surface area contributed by atoms with Crippen LogP contribution in [0.5, 0.6) is 0 Å². The lowest BCUT2D eigenvalue weighted by atomic mass is 9.99. The highest BCUT2D eigenvalue weighted by atomic mass is 32.2. The number of thioether (sulfide) groups is 1. The first-order valence-electron chi connectivity index (χ1n) is 9.26. The monoisotopic (exact) mass is 351 g/mol. The van der Waals surface area contributed by atoms with Crippen LogP contribution >= 0.6 is 11.8 Å². The summed E-state index contributed by atoms with van der Waals surface area (Å²) in [6.07, 6.45) is 9.67. The van der Waals surface area contributed by atoms with E-state index < -0.39 is 0 Å². The predicted molar refractivity (Wildman–Crippen MR) is 96.2 cm³/mol. The van der Waals surface area contributed by atoms with Crippen molar-refractivity contribution in [3.8, 4) is 0 Å². The van der Waals surface area contributed by atoms with Crippen molar-refractivity contribution in [1.82, 2.24) is 25.4 Å². The zero-order chi connectivity index (χ0) is 16.8. The molecule has 1 aliphatic carbocycles. The van der Waals surface area contributed by atoms with Gasteiger partial charge in [-0.15, -0.1) is 10.2 Å². The Morgan fingerprint density at radius 3 is 2.71 bits per heavy atom. The van der Waals surface area contributed by atoms with Crippen LogP contribution in [0.15, 0.2) is 5.16 Å². The first-order chi connectivity index (χ1) is 11.7. The fourth-order valence-electron chi connectivity index (χ4n) is 3.70. The summed E-state index contributed by atoms with van der Waals surface area (Å²) in [5, 5.41) is 16.1. The molecule has 3 rings (SSSR count). The third-order valence-electron chi connectivity index (χ3n) is 5.08. The van der Waals surface area contributed by atoms with Gasteiger partial charge in [-0.3, -0.25) is 4.79 Å². The molecule has 1 aromatic rings. The van der Waals surface area contributed by atoms with E-state index in [1.54, 1.807) is 0 Å². The van der Waals surface area contributed by atoms with Crippen molar-refractivity contribution >= 4 is 17.7 Å². The van der Waals surface area contributed by atoms with Gasteiger partial charge < -0.3 is 15.2 Å². The van der Waals surface area contributed by atoms with Gasteiger partial charge in [0.1, 0.15) is 5.82 Å². The molecule has 24 heavy (non-hydrogen) atoms. The molecule has 1 atom stereocenters. The van der Waals surface area contributed by atoms with E-state index in [1.807, 2.05) is 7.05 Å². The van der Waals surface area contributed by atoms with Crippen LogP contribution in [0, 0.1) is 0 Å². The summed E-state index contributed by atoms with van der Waals surface area (Å²) in [6.45, 7) is 2.07. The van der Waals surface area contributed by atoms with E-state index in [0.29, 0.717) is 17.7 Å². The molecular formula is C17H29N5OS. The van der Waals surface area contributed by atoms with Crippen molar-refractivity contribution in [2.75, 3.05) is 18.8 Å². The number of piperidine rings is 1. The topological polar surface area (TPSA) is 71.8 Å². The maximum atomic E-state index is 12.2. The molecule has 2 aliphatic rings. The third-order valence-corrected chi connectivity index (χ3v) is 6.10. The number of aromatic nitrogens is 3. The number of carbonyl (C=O) groups excluding carboxylic acids is 1. The van der Waals surface area contributed by atoms with Crippen molar-refractivity contribution in [2.24, 2.45) is 7.05 Å². The van der Waals surface area contributed by atoms with E-state index in [1.165, 1.54) is 43.9 Å². The summed E-state index contributed by atoms with van der Waals surface area (Å²) in [7, 11) is 2.01. The number of carbonyl (C=O) groups is 1. The summed E-state index contributed by atoms with van der Waals surface area (Å²) in [6, 6.07) is 0.365. The van der Waals surface area contributed by atoms with Gasteiger partial charge in [0.05, 0.1) is 5.75 Å². The molecule has 0 bridgehead atoms. The number of nitrogens with zero attached hydrogens (tertiary/aromatic N) is 3. The van der Waals surface area contributed by atoms with Crippen molar-refractivity contribution in [3.63, 3.8) is 0 Å². The third kappa shape index (κ3) is 4.72. The number of rotatable bonds is 5. The van der Waals surface area contributed by atoms with E-state index >= 15 is 0 Å². The minimum Gasteiger partial charge on any atom is -0.353 e. The minimum absolute atomic E-state index is 0.121. The number of hydrogen-bond acceptors (Lipinski definition) is 5. The summed E-state index contributed by atoms with van der Waals surface area (Å²) in [4.78, 5) is 12.2. The molecule has 2 fully saturated rings. The first-order valence-corrected chi connectivity index (χ1v) is 10.2. The van der Waals surface area contributed by atoms with Crippen LogP contribution < -0.4 is 10.6 Å². The van der Waals surface area contributed by atoms with E-state index in [0.717, 1.165) is 43.3 Å². The normalized spacial score (nSPS) is 23.0. The molecule has 1 aromatic heterocycles. The maximum absolute atomic E-state index is 12.2. The molecule has 0 unspecified atom stereocenters. The van der Waals surface area contributed by atoms with Crippen molar-refractivity contribution in [3.05, 3.63) is 5.82 Å². The fourth-order valence-corrected chi connectivity index (χ4v) is 4.43. The second-order valence-electron chi connectivity index (χ2n) is 6.99. The Morgan fingerprint density at radius 1 is 1.21 bits per heavy atom. The summed E-state index contributed by atoms with van der Waals surface area (Å²) in [5.74, 6) is 2.01. The second kappa shape index (κ2) is 8.85. The molecular weight excluding hydrogens is 322 g/mol. The Morgan fingerprint density at radius 2 is 2.00 bits per heavy atom. The van der Waals surface area contributed by atoms with Crippen molar-refractivity contribution in [1.29, 1.82) is 0 Å². The molecule has 2 N–H and O–H groups in total. The van der Waals surface area contributed by atoms with Crippen molar-refractivity contribution < 1.29 is 4.79 Å². The van der Waals surface area contributed by atoms with E-state index in [-0.39, 0.29) is 5.91 Å². The first kappa shape index (κ1) is 17.7. The molecule has 1 amide bonds. The zero-order valence-corrected chi connectivity index (χ0v) is 15.4. The second-order valence-corrected chi connectivity index (χ2v) is 7.93. The van der Waals surface area contributed by atoms with Gasteiger partial charge in [0.15, 0.2) is 5.16 Å². The van der Waals surface area contributed by atoms with Crippen molar-refractivity contribution in [2.45, 2.75) is 68.5 Å². The van der Waals surface area contributed by atoms with Gasteiger partial charge in [-0.1, -0.05) is 37.4 Å². The van der Waals surface area contributed by atoms with E-state index in [4.69, 9.17) is 0 Å². The quantitative estimate of drug-likeness (QED) is 0.629. The Bertz CT molecular complexity index is 533. The number of nitrogens with one attached hydrogen (secondary N) is 2. The fraction of sp³-hybridized carbons (Fsp3) is 0.824.